The molecule has 3 unspecified atom stereocenters. The van der Waals surface area contributed by atoms with Crippen molar-refractivity contribution < 1.29 is 24.2 Å². The average Bonchev–Trinajstić information content (AvgIpc) is 2.92. The summed E-state index contributed by atoms with van der Waals surface area (Å²) < 4.78 is 5.47. The molecule has 0 aliphatic carbocycles. The van der Waals surface area contributed by atoms with Gasteiger partial charge in [0.15, 0.2) is 0 Å². The summed E-state index contributed by atoms with van der Waals surface area (Å²) in [4.78, 5) is 35.6. The van der Waals surface area contributed by atoms with E-state index in [0.29, 0.717) is 6.61 Å². The van der Waals surface area contributed by atoms with Crippen molar-refractivity contribution in [1.82, 2.24) is 15.5 Å². The van der Waals surface area contributed by atoms with Crippen molar-refractivity contribution in [3.63, 3.8) is 0 Å². The van der Waals surface area contributed by atoms with E-state index in [1.165, 1.54) is 0 Å². The Morgan fingerprint density at radius 1 is 1.55 bits per heavy atom. The van der Waals surface area contributed by atoms with Gasteiger partial charge in [-0.15, -0.1) is 0 Å². The Kier molecular flexibility index (Phi) is 4.43. The Morgan fingerprint density at radius 3 is 2.90 bits per heavy atom. The molecule has 2 rings (SSSR count). The van der Waals surface area contributed by atoms with Gasteiger partial charge in [-0.2, -0.15) is 0 Å². The second kappa shape index (κ2) is 6.08. The van der Waals surface area contributed by atoms with Crippen LogP contribution in [0.3, 0.4) is 0 Å². The molecule has 0 spiro atoms. The van der Waals surface area contributed by atoms with Crippen LogP contribution in [0.1, 0.15) is 19.8 Å². The maximum Gasteiger partial charge on any atom is 0.328 e. The van der Waals surface area contributed by atoms with Crippen molar-refractivity contribution in [2.75, 3.05) is 19.7 Å². The van der Waals surface area contributed by atoms with Crippen molar-refractivity contribution in [3.8, 4) is 0 Å². The van der Waals surface area contributed by atoms with Crippen LogP contribution in [0, 0.1) is 0 Å². The van der Waals surface area contributed by atoms with Crippen LogP contribution in [-0.2, 0) is 14.3 Å². The number of carbonyl (C=O) groups excluding carboxylic acids is 2. The van der Waals surface area contributed by atoms with Gasteiger partial charge in [0.25, 0.3) is 0 Å². The summed E-state index contributed by atoms with van der Waals surface area (Å²) in [6.07, 6.45) is 1.76. The highest BCUT2D eigenvalue weighted by molar-refractivity contribution is 5.90. The van der Waals surface area contributed by atoms with Crippen LogP contribution in [0.2, 0.25) is 0 Å². The third-order valence-electron chi connectivity index (χ3n) is 3.60. The van der Waals surface area contributed by atoms with E-state index < -0.39 is 18.0 Å². The molecule has 0 radical (unpaired) electrons. The highest BCUT2D eigenvalue weighted by atomic mass is 16.5. The largest absolute Gasteiger partial charge is 0.480 e. The standard InChI is InChI=1S/C12H19N3O5/c1-7(9-3-2-4-20-9)14-12(19)15-6-10(16)13-5-8(15)11(17)18/h7-9H,2-6H2,1H3,(H,13,16)(H,14,19)(H,17,18). The molecule has 2 saturated heterocycles. The van der Waals surface area contributed by atoms with Gasteiger partial charge in [0.1, 0.15) is 12.6 Å². The zero-order chi connectivity index (χ0) is 14.7. The summed E-state index contributed by atoms with van der Waals surface area (Å²) in [5.41, 5.74) is 0. The van der Waals surface area contributed by atoms with Gasteiger partial charge in [-0.25, -0.2) is 9.59 Å². The number of amides is 3. The molecule has 0 aromatic carbocycles. The van der Waals surface area contributed by atoms with E-state index in [2.05, 4.69) is 10.6 Å². The zero-order valence-corrected chi connectivity index (χ0v) is 11.3. The van der Waals surface area contributed by atoms with E-state index in [9.17, 15) is 14.4 Å². The number of carbonyl (C=O) groups is 3. The molecule has 0 saturated carbocycles. The SMILES string of the molecule is CC(NC(=O)N1CC(=O)NCC1C(=O)O)C1CCCO1. The molecular weight excluding hydrogens is 266 g/mol. The first-order valence-electron chi connectivity index (χ1n) is 6.67. The summed E-state index contributed by atoms with van der Waals surface area (Å²) in [5.74, 6) is -1.49. The number of rotatable bonds is 3. The normalized spacial score (nSPS) is 27.9. The van der Waals surface area contributed by atoms with E-state index in [1.54, 1.807) is 0 Å². The van der Waals surface area contributed by atoms with Gasteiger partial charge in [-0.3, -0.25) is 9.69 Å². The minimum absolute atomic E-state index is 0.0548. The maximum absolute atomic E-state index is 12.1. The minimum atomic E-state index is -1.13. The first-order valence-corrected chi connectivity index (χ1v) is 6.67. The second-order valence-electron chi connectivity index (χ2n) is 5.08. The topological polar surface area (TPSA) is 108 Å². The van der Waals surface area contributed by atoms with Crippen LogP contribution >= 0.6 is 0 Å². The predicted molar refractivity (Wildman–Crippen MR) is 68.1 cm³/mol. The Labute approximate surface area is 116 Å². The average molecular weight is 285 g/mol. The third kappa shape index (κ3) is 3.19. The number of nitrogens with zero attached hydrogens (tertiary/aromatic N) is 1. The first kappa shape index (κ1) is 14.6. The number of piperazine rings is 1. The molecular formula is C12H19N3O5. The van der Waals surface area contributed by atoms with Crippen molar-refractivity contribution in [2.24, 2.45) is 0 Å². The molecule has 0 aromatic heterocycles. The smallest absolute Gasteiger partial charge is 0.328 e. The highest BCUT2D eigenvalue weighted by Gasteiger charge is 2.36. The number of nitrogens with one attached hydrogen (secondary N) is 2. The number of carboxylic acids is 1. The molecule has 2 aliphatic rings. The van der Waals surface area contributed by atoms with Crippen molar-refractivity contribution in [3.05, 3.63) is 0 Å². The molecule has 3 atom stereocenters. The Morgan fingerprint density at radius 2 is 2.30 bits per heavy atom. The van der Waals surface area contributed by atoms with Crippen molar-refractivity contribution in [2.45, 2.75) is 38.0 Å². The number of carboxylic acid groups (broad SMARTS) is 1. The van der Waals surface area contributed by atoms with Crippen LogP contribution in [-0.4, -0.2) is 65.8 Å². The monoisotopic (exact) mass is 285 g/mol. The predicted octanol–water partition coefficient (Wildman–Crippen LogP) is -0.851. The summed E-state index contributed by atoms with van der Waals surface area (Å²) in [6, 6.07) is -1.80. The van der Waals surface area contributed by atoms with Crippen LogP contribution in [0.5, 0.6) is 0 Å². The van der Waals surface area contributed by atoms with Crippen LogP contribution in [0.4, 0.5) is 4.79 Å². The summed E-state index contributed by atoms with van der Waals surface area (Å²) >= 11 is 0. The summed E-state index contributed by atoms with van der Waals surface area (Å²) in [6.45, 7) is 2.17. The lowest BCUT2D eigenvalue weighted by Gasteiger charge is -2.34. The Hall–Kier alpha value is -1.83. The maximum atomic E-state index is 12.1. The quantitative estimate of drug-likeness (QED) is 0.626. The fourth-order valence-electron chi connectivity index (χ4n) is 2.44. The van der Waals surface area contributed by atoms with Gasteiger partial charge in [0.05, 0.1) is 12.1 Å². The van der Waals surface area contributed by atoms with Gasteiger partial charge in [-0.05, 0) is 19.8 Å². The Bertz CT molecular complexity index is 408. The first-order chi connectivity index (χ1) is 9.49. The molecule has 3 N–H and O–H groups in total. The summed E-state index contributed by atoms with van der Waals surface area (Å²) in [7, 11) is 0. The lowest BCUT2D eigenvalue weighted by molar-refractivity contribution is -0.144. The summed E-state index contributed by atoms with van der Waals surface area (Å²) in [5, 5.41) is 14.2. The number of ether oxygens (including phenoxy) is 1. The van der Waals surface area contributed by atoms with Gasteiger partial charge < -0.3 is 20.5 Å². The van der Waals surface area contributed by atoms with Gasteiger partial charge in [-0.1, -0.05) is 0 Å². The molecule has 112 valence electrons. The van der Waals surface area contributed by atoms with E-state index in [4.69, 9.17) is 9.84 Å². The second-order valence-corrected chi connectivity index (χ2v) is 5.08. The van der Waals surface area contributed by atoms with E-state index >= 15 is 0 Å². The molecule has 2 fully saturated rings. The zero-order valence-electron chi connectivity index (χ0n) is 11.3. The molecule has 2 aliphatic heterocycles. The van der Waals surface area contributed by atoms with Gasteiger partial charge in [0, 0.05) is 13.2 Å². The molecule has 0 aromatic rings. The van der Waals surface area contributed by atoms with E-state index in [-0.39, 0.29) is 31.1 Å². The van der Waals surface area contributed by atoms with Gasteiger partial charge >= 0.3 is 12.0 Å². The van der Waals surface area contributed by atoms with Crippen LogP contribution < -0.4 is 10.6 Å². The lowest BCUT2D eigenvalue weighted by Crippen LogP contribution is -2.62. The van der Waals surface area contributed by atoms with E-state index in [1.807, 2.05) is 6.92 Å². The van der Waals surface area contributed by atoms with Crippen LogP contribution in [0.25, 0.3) is 0 Å². The number of hydrogen-bond acceptors (Lipinski definition) is 4. The molecule has 3 amide bonds. The minimum Gasteiger partial charge on any atom is -0.480 e. The Balaban J connectivity index is 1.97. The fraction of sp³-hybridized carbons (Fsp3) is 0.750. The van der Waals surface area contributed by atoms with Crippen molar-refractivity contribution in [1.29, 1.82) is 0 Å². The lowest BCUT2D eigenvalue weighted by atomic mass is 10.1. The fourth-order valence-corrected chi connectivity index (χ4v) is 2.44. The third-order valence-corrected chi connectivity index (χ3v) is 3.60. The molecule has 8 heteroatoms. The van der Waals surface area contributed by atoms with Crippen molar-refractivity contribution >= 4 is 17.9 Å². The molecule has 20 heavy (non-hydrogen) atoms. The molecule has 2 heterocycles. The number of hydrogen-bond donors (Lipinski definition) is 3. The van der Waals surface area contributed by atoms with Crippen LogP contribution in [0.15, 0.2) is 0 Å². The molecule has 8 nitrogen and oxygen atoms in total. The van der Waals surface area contributed by atoms with E-state index in [0.717, 1.165) is 17.7 Å². The number of aliphatic carboxylic acids is 1. The number of urea groups is 1. The molecule has 0 bridgehead atoms. The van der Waals surface area contributed by atoms with Gasteiger partial charge in [0.2, 0.25) is 5.91 Å². The highest BCUT2D eigenvalue weighted by Crippen LogP contribution is 2.16.